The third-order valence-corrected chi connectivity index (χ3v) is 5.07. The topological polar surface area (TPSA) is 141 Å². The van der Waals surface area contributed by atoms with E-state index in [4.69, 9.17) is 4.74 Å². The summed E-state index contributed by atoms with van der Waals surface area (Å²) >= 11 is 0. The first-order valence-corrected chi connectivity index (χ1v) is 10.3. The van der Waals surface area contributed by atoms with Crippen molar-refractivity contribution in [2.75, 3.05) is 12.4 Å². The molecule has 1 N–H and O–H groups in total. The minimum absolute atomic E-state index is 0.0865. The van der Waals surface area contributed by atoms with Crippen LogP contribution in [0.2, 0.25) is 0 Å². The lowest BCUT2D eigenvalue weighted by atomic mass is 10.1. The fourth-order valence-electron chi connectivity index (χ4n) is 3.34. The van der Waals surface area contributed by atoms with Gasteiger partial charge in [0.15, 0.2) is 0 Å². The molecule has 0 fully saturated rings. The molecule has 0 aliphatic rings. The number of rotatable bonds is 6. The first-order chi connectivity index (χ1) is 16.8. The van der Waals surface area contributed by atoms with Gasteiger partial charge in [-0.2, -0.15) is 15.2 Å². The van der Waals surface area contributed by atoms with Gasteiger partial charge in [-0.3, -0.25) is 9.55 Å². The third-order valence-electron chi connectivity index (χ3n) is 5.07. The molecule has 0 radical (unpaired) electrons. The molecule has 3 aromatic heterocycles. The van der Waals surface area contributed by atoms with Crippen molar-refractivity contribution < 1.29 is 9.13 Å². The Balaban J connectivity index is 1.89. The van der Waals surface area contributed by atoms with Gasteiger partial charge in [-0.15, -0.1) is 0 Å². The number of aryl methyl sites for hydroxylation is 2. The van der Waals surface area contributed by atoms with Crippen molar-refractivity contribution in [3.05, 3.63) is 92.0 Å². The summed E-state index contributed by atoms with van der Waals surface area (Å²) in [7, 11) is 1.43. The van der Waals surface area contributed by atoms with Gasteiger partial charge in [-0.25, -0.2) is 23.5 Å². The van der Waals surface area contributed by atoms with Crippen molar-refractivity contribution in [1.29, 1.82) is 5.26 Å². The molecular weight excluding hydrogens is 455 g/mol. The molecule has 3 heterocycles. The quantitative estimate of drug-likeness (QED) is 0.444. The molecule has 0 saturated heterocycles. The first kappa shape index (κ1) is 23.2. The van der Waals surface area contributed by atoms with E-state index in [1.54, 1.807) is 32.2 Å². The minimum Gasteiger partial charge on any atom is -0.467 e. The standard InChI is InChI=1S/C23H19FN8O3/c1-13-6-17(10-26-9-13)32-22(33)30-20(29-19-11-27-21(35-3)28-14(19)2)31(23(32)34)12-15-4-5-18(24)16(7-15)8-25/h4-7,9-11H,12H2,1-3H3,(H,29,30,33). The van der Waals surface area contributed by atoms with Crippen LogP contribution >= 0.6 is 0 Å². The van der Waals surface area contributed by atoms with Crippen LogP contribution in [0.5, 0.6) is 6.01 Å². The van der Waals surface area contributed by atoms with E-state index in [1.165, 1.54) is 36.2 Å². The highest BCUT2D eigenvalue weighted by molar-refractivity contribution is 5.55. The van der Waals surface area contributed by atoms with Crippen molar-refractivity contribution >= 4 is 11.6 Å². The van der Waals surface area contributed by atoms with Crippen LogP contribution in [-0.4, -0.2) is 36.2 Å². The summed E-state index contributed by atoms with van der Waals surface area (Å²) < 4.78 is 20.9. The van der Waals surface area contributed by atoms with E-state index in [0.717, 1.165) is 16.2 Å². The van der Waals surface area contributed by atoms with Gasteiger partial charge in [-0.1, -0.05) is 6.07 Å². The summed E-state index contributed by atoms with van der Waals surface area (Å²) in [5.74, 6) is -0.765. The largest absolute Gasteiger partial charge is 0.467 e. The fraction of sp³-hybridized carbons (Fsp3) is 0.174. The molecule has 4 rings (SSSR count). The predicted molar refractivity (Wildman–Crippen MR) is 123 cm³/mol. The highest BCUT2D eigenvalue weighted by Crippen LogP contribution is 2.19. The van der Waals surface area contributed by atoms with Crippen LogP contribution in [0.4, 0.5) is 16.0 Å². The van der Waals surface area contributed by atoms with Crippen LogP contribution in [0.25, 0.3) is 5.69 Å². The smallest absolute Gasteiger partial charge is 0.359 e. The lowest BCUT2D eigenvalue weighted by molar-refractivity contribution is 0.379. The number of nitrogens with one attached hydrogen (secondary N) is 1. The number of anilines is 2. The van der Waals surface area contributed by atoms with Gasteiger partial charge in [0.2, 0.25) is 5.95 Å². The van der Waals surface area contributed by atoms with E-state index in [9.17, 15) is 19.2 Å². The number of hydrogen-bond donors (Lipinski definition) is 1. The lowest BCUT2D eigenvalue weighted by Crippen LogP contribution is -2.41. The van der Waals surface area contributed by atoms with Gasteiger partial charge in [0.1, 0.15) is 11.9 Å². The number of nitriles is 1. The average Bonchev–Trinajstić information content (AvgIpc) is 2.83. The van der Waals surface area contributed by atoms with Gasteiger partial charge < -0.3 is 10.1 Å². The average molecular weight is 474 g/mol. The van der Waals surface area contributed by atoms with E-state index < -0.39 is 17.2 Å². The number of ether oxygens (including phenoxy) is 1. The number of hydrogen-bond acceptors (Lipinski definition) is 9. The SMILES string of the molecule is COc1ncc(Nc2nc(=O)n(-c3cncc(C)c3)c(=O)n2Cc2ccc(F)c(C#N)c2)c(C)n1. The van der Waals surface area contributed by atoms with Crippen LogP contribution in [0.1, 0.15) is 22.4 Å². The monoisotopic (exact) mass is 474 g/mol. The lowest BCUT2D eigenvalue weighted by Gasteiger charge is -2.16. The normalized spacial score (nSPS) is 10.6. The molecule has 4 aromatic rings. The van der Waals surface area contributed by atoms with Crippen LogP contribution in [0.3, 0.4) is 0 Å². The molecule has 0 spiro atoms. The second-order valence-electron chi connectivity index (χ2n) is 7.55. The zero-order valence-corrected chi connectivity index (χ0v) is 19.0. The molecule has 176 valence electrons. The van der Waals surface area contributed by atoms with E-state index >= 15 is 0 Å². The van der Waals surface area contributed by atoms with Gasteiger partial charge in [0, 0.05) is 6.20 Å². The molecule has 0 aliphatic carbocycles. The zero-order valence-electron chi connectivity index (χ0n) is 19.0. The Morgan fingerprint density at radius 1 is 1.14 bits per heavy atom. The molecule has 1 aromatic carbocycles. The number of methoxy groups -OCH3 is 1. The number of nitrogens with zero attached hydrogens (tertiary/aromatic N) is 7. The summed E-state index contributed by atoms with van der Waals surface area (Å²) in [5.41, 5.74) is 0.592. The molecule has 12 heteroatoms. The van der Waals surface area contributed by atoms with Crippen molar-refractivity contribution in [2.45, 2.75) is 20.4 Å². The third kappa shape index (κ3) is 4.74. The Morgan fingerprint density at radius 3 is 2.63 bits per heavy atom. The molecular formula is C23H19FN8O3. The van der Waals surface area contributed by atoms with Gasteiger partial charge in [0.05, 0.1) is 48.7 Å². The van der Waals surface area contributed by atoms with Crippen LogP contribution in [0, 0.1) is 31.0 Å². The number of aromatic nitrogens is 6. The Labute approximate surface area is 198 Å². The van der Waals surface area contributed by atoms with Crippen LogP contribution in [0.15, 0.2) is 52.4 Å². The molecule has 0 bridgehead atoms. The van der Waals surface area contributed by atoms with E-state index in [2.05, 4.69) is 25.3 Å². The molecule has 0 amide bonds. The van der Waals surface area contributed by atoms with Gasteiger partial charge in [0.25, 0.3) is 0 Å². The summed E-state index contributed by atoms with van der Waals surface area (Å²) in [6.07, 6.45) is 4.40. The molecule has 0 aliphatic heterocycles. The Hall–Kier alpha value is -4.92. The number of pyridine rings is 1. The second kappa shape index (κ2) is 9.52. The first-order valence-electron chi connectivity index (χ1n) is 10.3. The van der Waals surface area contributed by atoms with E-state index in [-0.39, 0.29) is 29.8 Å². The van der Waals surface area contributed by atoms with Crippen molar-refractivity contribution in [2.24, 2.45) is 0 Å². The second-order valence-corrected chi connectivity index (χ2v) is 7.55. The maximum atomic E-state index is 13.8. The number of halogens is 1. The molecule has 11 nitrogen and oxygen atoms in total. The molecule has 0 atom stereocenters. The molecule has 0 saturated carbocycles. The molecule has 35 heavy (non-hydrogen) atoms. The zero-order chi connectivity index (χ0) is 25.1. The fourth-order valence-corrected chi connectivity index (χ4v) is 3.34. The van der Waals surface area contributed by atoms with Gasteiger partial charge >= 0.3 is 17.4 Å². The molecule has 0 unspecified atom stereocenters. The van der Waals surface area contributed by atoms with Crippen molar-refractivity contribution in [3.63, 3.8) is 0 Å². The highest BCUT2D eigenvalue weighted by atomic mass is 19.1. The predicted octanol–water partition coefficient (Wildman–Crippen LogP) is 2.01. The van der Waals surface area contributed by atoms with Gasteiger partial charge in [-0.05, 0) is 43.2 Å². The summed E-state index contributed by atoms with van der Waals surface area (Å²) in [5, 5.41) is 12.1. The maximum absolute atomic E-state index is 13.8. The maximum Gasteiger partial charge on any atom is 0.359 e. The highest BCUT2D eigenvalue weighted by Gasteiger charge is 2.17. The summed E-state index contributed by atoms with van der Waals surface area (Å²) in [6, 6.07) is 7.46. The Morgan fingerprint density at radius 2 is 1.94 bits per heavy atom. The Kier molecular flexibility index (Phi) is 6.32. The number of benzene rings is 1. The van der Waals surface area contributed by atoms with E-state index in [0.29, 0.717) is 16.9 Å². The van der Waals surface area contributed by atoms with Crippen LogP contribution in [-0.2, 0) is 6.54 Å². The van der Waals surface area contributed by atoms with Crippen molar-refractivity contribution in [1.82, 2.24) is 29.1 Å². The van der Waals surface area contributed by atoms with Crippen LogP contribution < -0.4 is 21.4 Å². The summed E-state index contributed by atoms with van der Waals surface area (Å²) in [4.78, 5) is 42.8. The van der Waals surface area contributed by atoms with Crippen molar-refractivity contribution in [3.8, 4) is 17.8 Å². The summed E-state index contributed by atoms with van der Waals surface area (Å²) in [6.45, 7) is 3.35. The Bertz CT molecular complexity index is 1590. The minimum atomic E-state index is -0.829. The van der Waals surface area contributed by atoms with E-state index in [1.807, 2.05) is 0 Å².